The summed E-state index contributed by atoms with van der Waals surface area (Å²) in [5, 5.41) is 11.4. The van der Waals surface area contributed by atoms with Crippen molar-refractivity contribution in [2.24, 2.45) is 5.73 Å². The van der Waals surface area contributed by atoms with Crippen LogP contribution in [0, 0.1) is 0 Å². The molecule has 1 heterocycles. The van der Waals surface area contributed by atoms with Gasteiger partial charge in [0.15, 0.2) is 0 Å². The summed E-state index contributed by atoms with van der Waals surface area (Å²) in [6.07, 6.45) is 4.80. The van der Waals surface area contributed by atoms with Crippen molar-refractivity contribution in [1.82, 2.24) is 4.98 Å². The minimum absolute atomic E-state index is 0.0515. The van der Waals surface area contributed by atoms with Crippen molar-refractivity contribution >= 4 is 26.7 Å². The Morgan fingerprint density at radius 1 is 1.30 bits per heavy atom. The second kappa shape index (κ2) is 6.09. The first-order chi connectivity index (χ1) is 9.50. The first-order valence-corrected chi connectivity index (χ1v) is 7.13. The fourth-order valence-electron chi connectivity index (χ4n) is 2.31. The van der Waals surface area contributed by atoms with Crippen LogP contribution < -0.4 is 5.73 Å². The third-order valence-corrected chi connectivity index (χ3v) is 4.02. The van der Waals surface area contributed by atoms with Gasteiger partial charge in [0.1, 0.15) is 0 Å². The highest BCUT2D eigenvalue weighted by Crippen LogP contribution is 2.34. The largest absolute Gasteiger partial charge is 0.513 e. The van der Waals surface area contributed by atoms with Gasteiger partial charge in [-0.3, -0.25) is 4.98 Å². The van der Waals surface area contributed by atoms with Crippen molar-refractivity contribution in [3.05, 3.63) is 65.2 Å². The van der Waals surface area contributed by atoms with Crippen LogP contribution in [0.15, 0.2) is 59.7 Å². The predicted octanol–water partition coefficient (Wildman–Crippen LogP) is 4.41. The van der Waals surface area contributed by atoms with E-state index in [0.29, 0.717) is 18.5 Å². The molecule has 2 aromatic rings. The molecular weight excluding hydrogens is 316 g/mol. The standard InChI is InChI=1S/C16H17BrN2O/c1-10(20)6-7-12(11(2)18)14-8-19-9-15-13(14)4-3-5-16(15)17/h3-5,8-9,12,20H,1-2,6-7,18H2. The van der Waals surface area contributed by atoms with Gasteiger partial charge in [0.2, 0.25) is 0 Å². The van der Waals surface area contributed by atoms with Gasteiger partial charge in [-0.25, -0.2) is 0 Å². The summed E-state index contributed by atoms with van der Waals surface area (Å²) in [6.45, 7) is 7.38. The van der Waals surface area contributed by atoms with Crippen molar-refractivity contribution in [3.8, 4) is 0 Å². The van der Waals surface area contributed by atoms with Crippen LogP contribution in [0.1, 0.15) is 24.3 Å². The molecule has 0 aliphatic rings. The summed E-state index contributed by atoms with van der Waals surface area (Å²) in [5.74, 6) is 0.107. The molecule has 0 fully saturated rings. The molecule has 0 spiro atoms. The van der Waals surface area contributed by atoms with Crippen molar-refractivity contribution in [3.63, 3.8) is 0 Å². The summed E-state index contributed by atoms with van der Waals surface area (Å²) in [7, 11) is 0. The van der Waals surface area contributed by atoms with E-state index in [2.05, 4.69) is 34.1 Å². The zero-order valence-electron chi connectivity index (χ0n) is 11.1. The molecule has 0 radical (unpaired) electrons. The number of allylic oxidation sites excluding steroid dienone is 2. The Bertz CT molecular complexity index is 667. The maximum absolute atomic E-state index is 9.30. The Morgan fingerprint density at radius 2 is 2.05 bits per heavy atom. The summed E-state index contributed by atoms with van der Waals surface area (Å²) < 4.78 is 0.998. The molecule has 0 aliphatic heterocycles. The summed E-state index contributed by atoms with van der Waals surface area (Å²) in [6, 6.07) is 6.01. The van der Waals surface area contributed by atoms with E-state index in [0.717, 1.165) is 20.8 Å². The van der Waals surface area contributed by atoms with Gasteiger partial charge in [0.05, 0.1) is 5.76 Å². The topological polar surface area (TPSA) is 59.1 Å². The van der Waals surface area contributed by atoms with E-state index in [9.17, 15) is 5.11 Å². The highest BCUT2D eigenvalue weighted by Gasteiger charge is 2.17. The lowest BCUT2D eigenvalue weighted by Crippen LogP contribution is -2.10. The maximum Gasteiger partial charge on any atom is 0.0851 e. The van der Waals surface area contributed by atoms with Crippen LogP contribution in [-0.2, 0) is 0 Å². The van der Waals surface area contributed by atoms with Gasteiger partial charge in [-0.2, -0.15) is 0 Å². The molecule has 3 nitrogen and oxygen atoms in total. The van der Waals surface area contributed by atoms with E-state index in [1.165, 1.54) is 0 Å². The number of benzene rings is 1. The van der Waals surface area contributed by atoms with Gasteiger partial charge < -0.3 is 10.8 Å². The highest BCUT2D eigenvalue weighted by atomic mass is 79.9. The Morgan fingerprint density at radius 3 is 2.70 bits per heavy atom. The SMILES string of the molecule is C=C(O)CCC(C(=C)N)c1cncc2c(Br)cccc12. The maximum atomic E-state index is 9.30. The lowest BCUT2D eigenvalue weighted by molar-refractivity contribution is 0.383. The quantitative estimate of drug-likeness (QED) is 0.797. The van der Waals surface area contributed by atoms with Gasteiger partial charge in [-0.1, -0.05) is 41.2 Å². The number of pyridine rings is 1. The Kier molecular flexibility index (Phi) is 4.45. The molecule has 0 saturated heterocycles. The number of aliphatic hydroxyl groups excluding tert-OH is 1. The summed E-state index contributed by atoms with van der Waals surface area (Å²) >= 11 is 3.53. The third kappa shape index (κ3) is 3.02. The number of rotatable bonds is 5. The van der Waals surface area contributed by atoms with E-state index in [1.54, 1.807) is 0 Å². The van der Waals surface area contributed by atoms with Crippen LogP contribution >= 0.6 is 15.9 Å². The summed E-state index contributed by atoms with van der Waals surface area (Å²) in [5.41, 5.74) is 7.53. The van der Waals surface area contributed by atoms with Gasteiger partial charge in [0.25, 0.3) is 0 Å². The van der Waals surface area contributed by atoms with Crippen molar-refractivity contribution in [1.29, 1.82) is 0 Å². The molecule has 1 unspecified atom stereocenters. The van der Waals surface area contributed by atoms with Gasteiger partial charge in [0, 0.05) is 40.3 Å². The first kappa shape index (κ1) is 14.6. The van der Waals surface area contributed by atoms with Crippen molar-refractivity contribution < 1.29 is 5.11 Å². The molecule has 20 heavy (non-hydrogen) atoms. The van der Waals surface area contributed by atoms with Crippen LogP contribution in [0.5, 0.6) is 0 Å². The monoisotopic (exact) mass is 332 g/mol. The number of aromatic nitrogens is 1. The molecule has 1 aromatic carbocycles. The average Bonchev–Trinajstić information content (AvgIpc) is 2.39. The van der Waals surface area contributed by atoms with Crippen LogP contribution in [0.4, 0.5) is 0 Å². The lowest BCUT2D eigenvalue weighted by atomic mass is 9.89. The van der Waals surface area contributed by atoms with Gasteiger partial charge >= 0.3 is 0 Å². The van der Waals surface area contributed by atoms with E-state index in [-0.39, 0.29) is 11.7 Å². The number of halogens is 1. The molecule has 1 atom stereocenters. The van der Waals surface area contributed by atoms with Crippen LogP contribution in [0.3, 0.4) is 0 Å². The van der Waals surface area contributed by atoms with Crippen molar-refractivity contribution in [2.45, 2.75) is 18.8 Å². The molecule has 2 rings (SSSR count). The number of hydrogen-bond acceptors (Lipinski definition) is 3. The minimum atomic E-state index is -0.0515. The molecule has 104 valence electrons. The number of nitrogens with two attached hydrogens (primary N) is 1. The zero-order chi connectivity index (χ0) is 14.7. The molecule has 1 aromatic heterocycles. The molecule has 3 N–H and O–H groups in total. The van der Waals surface area contributed by atoms with Crippen LogP contribution in [0.25, 0.3) is 10.8 Å². The lowest BCUT2D eigenvalue weighted by Gasteiger charge is -2.19. The zero-order valence-corrected chi connectivity index (χ0v) is 12.7. The molecule has 0 saturated carbocycles. The Balaban J connectivity index is 2.51. The number of nitrogens with zero attached hydrogens (tertiary/aromatic N) is 1. The fourth-order valence-corrected chi connectivity index (χ4v) is 2.78. The van der Waals surface area contributed by atoms with Crippen LogP contribution in [-0.4, -0.2) is 10.1 Å². The van der Waals surface area contributed by atoms with Gasteiger partial charge in [-0.15, -0.1) is 0 Å². The number of hydrogen-bond donors (Lipinski definition) is 2. The third-order valence-electron chi connectivity index (χ3n) is 3.33. The molecular formula is C16H17BrN2O. The van der Waals surface area contributed by atoms with Crippen LogP contribution in [0.2, 0.25) is 0 Å². The normalized spacial score (nSPS) is 12.2. The fraction of sp³-hybridized carbons (Fsp3) is 0.188. The molecule has 0 bridgehead atoms. The van der Waals surface area contributed by atoms with E-state index < -0.39 is 0 Å². The minimum Gasteiger partial charge on any atom is -0.513 e. The molecule has 0 amide bonds. The van der Waals surface area contributed by atoms with E-state index >= 15 is 0 Å². The van der Waals surface area contributed by atoms with Gasteiger partial charge in [-0.05, 0) is 23.4 Å². The highest BCUT2D eigenvalue weighted by molar-refractivity contribution is 9.10. The first-order valence-electron chi connectivity index (χ1n) is 6.34. The van der Waals surface area contributed by atoms with E-state index in [4.69, 9.17) is 5.73 Å². The average molecular weight is 333 g/mol. The second-order valence-electron chi connectivity index (χ2n) is 4.80. The predicted molar refractivity (Wildman–Crippen MR) is 86.5 cm³/mol. The number of aliphatic hydroxyl groups is 1. The smallest absolute Gasteiger partial charge is 0.0851 e. The molecule has 0 aliphatic carbocycles. The Hall–Kier alpha value is -1.81. The summed E-state index contributed by atoms with van der Waals surface area (Å²) in [4.78, 5) is 4.29. The molecule has 4 heteroatoms. The van der Waals surface area contributed by atoms with Crippen molar-refractivity contribution in [2.75, 3.05) is 0 Å². The number of fused-ring (bicyclic) bond motifs is 1. The Labute approximate surface area is 127 Å². The van der Waals surface area contributed by atoms with E-state index in [1.807, 2.05) is 30.6 Å². The second-order valence-corrected chi connectivity index (χ2v) is 5.65.